The molecule has 1 aromatic carbocycles. The number of aryl methyl sites for hydroxylation is 1. The van der Waals surface area contributed by atoms with E-state index in [0.29, 0.717) is 19.0 Å². The molecule has 2 aliphatic heterocycles. The first-order chi connectivity index (χ1) is 14.5. The van der Waals surface area contributed by atoms with Crippen LogP contribution in [0.2, 0.25) is 0 Å². The summed E-state index contributed by atoms with van der Waals surface area (Å²) in [6.07, 6.45) is 2.97. The first-order valence-corrected chi connectivity index (χ1v) is 11.1. The first kappa shape index (κ1) is 21.0. The first-order valence-electron chi connectivity index (χ1n) is 11.1. The Labute approximate surface area is 178 Å². The third kappa shape index (κ3) is 4.57. The number of amides is 1. The van der Waals surface area contributed by atoms with Gasteiger partial charge in [-0.25, -0.2) is 0 Å². The Bertz CT molecular complexity index is 885. The van der Waals surface area contributed by atoms with Crippen molar-refractivity contribution in [2.75, 3.05) is 19.7 Å². The predicted octanol–water partition coefficient (Wildman–Crippen LogP) is 2.93. The molecular weight excluding hydrogens is 378 g/mol. The molecule has 1 fully saturated rings. The standard InChI is InChI=1S/C23H33N5O2/c1-4-18(3)24-22(29)21-26-25-20-14-30-16-23(15-28(20)21)8-10-27(11-9-23)13-19-7-5-6-17(2)12-19/h5-7,12,18H,4,8-11,13-16H2,1-3H3,(H,24,29)/t18-/m1/s1. The van der Waals surface area contributed by atoms with Gasteiger partial charge in [0.2, 0.25) is 5.82 Å². The Morgan fingerprint density at radius 3 is 2.83 bits per heavy atom. The molecule has 1 N–H and O–H groups in total. The molecule has 30 heavy (non-hydrogen) atoms. The summed E-state index contributed by atoms with van der Waals surface area (Å²) in [4.78, 5) is 15.3. The van der Waals surface area contributed by atoms with E-state index in [1.807, 2.05) is 11.5 Å². The highest BCUT2D eigenvalue weighted by Crippen LogP contribution is 2.36. The Kier molecular flexibility index (Phi) is 6.20. The van der Waals surface area contributed by atoms with E-state index in [4.69, 9.17) is 4.74 Å². The average molecular weight is 412 g/mol. The SMILES string of the molecule is CC[C@@H](C)NC(=O)c1nnc2n1CC1(CCN(Cc3cccc(C)c3)CC1)COC2. The number of nitrogens with one attached hydrogen (secondary N) is 1. The number of aromatic nitrogens is 3. The summed E-state index contributed by atoms with van der Waals surface area (Å²) in [5.41, 5.74) is 2.71. The molecule has 162 valence electrons. The van der Waals surface area contributed by atoms with Gasteiger partial charge in [-0.15, -0.1) is 10.2 Å². The number of benzene rings is 1. The summed E-state index contributed by atoms with van der Waals surface area (Å²) in [5.74, 6) is 1.03. The highest BCUT2D eigenvalue weighted by molar-refractivity contribution is 5.90. The largest absolute Gasteiger partial charge is 0.373 e. The fraction of sp³-hybridized carbons (Fsp3) is 0.609. The molecule has 1 atom stereocenters. The van der Waals surface area contributed by atoms with E-state index in [1.165, 1.54) is 11.1 Å². The van der Waals surface area contributed by atoms with Crippen LogP contribution in [0.5, 0.6) is 0 Å². The van der Waals surface area contributed by atoms with E-state index in [-0.39, 0.29) is 17.4 Å². The van der Waals surface area contributed by atoms with Gasteiger partial charge >= 0.3 is 0 Å². The molecule has 1 saturated heterocycles. The van der Waals surface area contributed by atoms with Crippen molar-refractivity contribution in [3.63, 3.8) is 0 Å². The number of nitrogens with zero attached hydrogens (tertiary/aromatic N) is 4. The number of fused-ring (bicyclic) bond motifs is 1. The van der Waals surface area contributed by atoms with E-state index < -0.39 is 0 Å². The third-order valence-corrected chi connectivity index (χ3v) is 6.56. The summed E-state index contributed by atoms with van der Waals surface area (Å²) in [5, 5.41) is 11.5. The summed E-state index contributed by atoms with van der Waals surface area (Å²) < 4.78 is 8.01. The van der Waals surface area contributed by atoms with Gasteiger partial charge in [-0.2, -0.15) is 0 Å². The number of hydrogen-bond donors (Lipinski definition) is 1. The van der Waals surface area contributed by atoms with Gasteiger partial charge in [-0.1, -0.05) is 36.8 Å². The van der Waals surface area contributed by atoms with Crippen molar-refractivity contribution in [1.82, 2.24) is 25.0 Å². The van der Waals surface area contributed by atoms with Crippen LogP contribution in [0.3, 0.4) is 0 Å². The van der Waals surface area contributed by atoms with Crippen LogP contribution in [0, 0.1) is 12.3 Å². The van der Waals surface area contributed by atoms with Crippen molar-refractivity contribution in [3.8, 4) is 0 Å². The predicted molar refractivity (Wildman–Crippen MR) is 115 cm³/mol. The number of rotatable bonds is 5. The second-order valence-corrected chi connectivity index (χ2v) is 9.07. The van der Waals surface area contributed by atoms with Crippen molar-refractivity contribution < 1.29 is 9.53 Å². The summed E-state index contributed by atoms with van der Waals surface area (Å²) >= 11 is 0. The molecule has 7 nitrogen and oxygen atoms in total. The minimum Gasteiger partial charge on any atom is -0.373 e. The Hall–Kier alpha value is -2.25. The minimum atomic E-state index is -0.142. The van der Waals surface area contributed by atoms with Gasteiger partial charge in [0.25, 0.3) is 5.91 Å². The molecule has 0 unspecified atom stereocenters. The van der Waals surface area contributed by atoms with Crippen LogP contribution in [0.1, 0.15) is 60.7 Å². The van der Waals surface area contributed by atoms with Crippen LogP contribution in [0.25, 0.3) is 0 Å². The summed E-state index contributed by atoms with van der Waals surface area (Å²) in [6, 6.07) is 8.87. The Balaban J connectivity index is 1.44. The molecule has 0 bridgehead atoms. The van der Waals surface area contributed by atoms with Crippen molar-refractivity contribution >= 4 is 5.91 Å². The highest BCUT2D eigenvalue weighted by Gasteiger charge is 2.39. The van der Waals surface area contributed by atoms with Crippen LogP contribution < -0.4 is 5.32 Å². The minimum absolute atomic E-state index is 0.0299. The number of likely N-dealkylation sites (tertiary alicyclic amines) is 1. The normalized spacial score (nSPS) is 19.8. The van der Waals surface area contributed by atoms with E-state index in [1.54, 1.807) is 0 Å². The van der Waals surface area contributed by atoms with Crippen molar-refractivity contribution in [3.05, 3.63) is 47.0 Å². The van der Waals surface area contributed by atoms with Crippen molar-refractivity contribution in [2.24, 2.45) is 5.41 Å². The molecule has 0 aliphatic carbocycles. The molecule has 4 rings (SSSR count). The van der Waals surface area contributed by atoms with Crippen LogP contribution in [0.15, 0.2) is 24.3 Å². The number of piperidine rings is 1. The maximum Gasteiger partial charge on any atom is 0.289 e. The van der Waals surface area contributed by atoms with E-state index >= 15 is 0 Å². The lowest BCUT2D eigenvalue weighted by Crippen LogP contribution is -2.44. The fourth-order valence-corrected chi connectivity index (χ4v) is 4.46. The van der Waals surface area contributed by atoms with Gasteiger partial charge in [0, 0.05) is 24.5 Å². The van der Waals surface area contributed by atoms with E-state index in [2.05, 4.69) is 58.5 Å². The van der Waals surface area contributed by atoms with E-state index in [9.17, 15) is 4.79 Å². The fourth-order valence-electron chi connectivity index (χ4n) is 4.46. The molecule has 1 amide bonds. The molecule has 2 aromatic rings. The third-order valence-electron chi connectivity index (χ3n) is 6.56. The lowest BCUT2D eigenvalue weighted by atomic mass is 9.78. The van der Waals surface area contributed by atoms with Gasteiger partial charge in [0.15, 0.2) is 5.82 Å². The van der Waals surface area contributed by atoms with Crippen LogP contribution in [-0.4, -0.2) is 51.3 Å². The molecule has 0 saturated carbocycles. The maximum absolute atomic E-state index is 12.7. The number of carbonyl (C=O) groups is 1. The number of carbonyl (C=O) groups excluding carboxylic acids is 1. The van der Waals surface area contributed by atoms with Crippen LogP contribution in [0.4, 0.5) is 0 Å². The zero-order valence-electron chi connectivity index (χ0n) is 18.4. The maximum atomic E-state index is 12.7. The topological polar surface area (TPSA) is 72.3 Å². The van der Waals surface area contributed by atoms with Gasteiger partial charge < -0.3 is 14.6 Å². The molecule has 7 heteroatoms. The molecule has 1 aromatic heterocycles. The molecular formula is C23H33N5O2. The Morgan fingerprint density at radius 2 is 2.10 bits per heavy atom. The second kappa shape index (κ2) is 8.86. The zero-order valence-corrected chi connectivity index (χ0v) is 18.4. The summed E-state index contributed by atoms with van der Waals surface area (Å²) in [7, 11) is 0. The van der Waals surface area contributed by atoms with E-state index in [0.717, 1.165) is 51.3 Å². The monoisotopic (exact) mass is 411 g/mol. The van der Waals surface area contributed by atoms with Crippen LogP contribution >= 0.6 is 0 Å². The molecule has 1 spiro atoms. The molecule has 3 heterocycles. The van der Waals surface area contributed by atoms with Crippen LogP contribution in [-0.2, 0) is 24.4 Å². The quantitative estimate of drug-likeness (QED) is 0.819. The van der Waals surface area contributed by atoms with Gasteiger partial charge in [-0.3, -0.25) is 9.69 Å². The second-order valence-electron chi connectivity index (χ2n) is 9.07. The average Bonchev–Trinajstić information content (AvgIpc) is 3.03. The Morgan fingerprint density at radius 1 is 1.30 bits per heavy atom. The number of ether oxygens (including phenoxy) is 1. The summed E-state index contributed by atoms with van der Waals surface area (Å²) in [6.45, 7) is 11.1. The van der Waals surface area contributed by atoms with Crippen molar-refractivity contribution in [2.45, 2.75) is 65.8 Å². The van der Waals surface area contributed by atoms with Gasteiger partial charge in [0.1, 0.15) is 6.61 Å². The highest BCUT2D eigenvalue weighted by atomic mass is 16.5. The van der Waals surface area contributed by atoms with Gasteiger partial charge in [0.05, 0.1) is 6.61 Å². The molecule has 2 aliphatic rings. The smallest absolute Gasteiger partial charge is 0.289 e. The zero-order chi connectivity index (χ0) is 21.1. The molecule has 0 radical (unpaired) electrons. The number of hydrogen-bond acceptors (Lipinski definition) is 5. The van der Waals surface area contributed by atoms with Crippen molar-refractivity contribution in [1.29, 1.82) is 0 Å². The lowest BCUT2D eigenvalue weighted by Gasteiger charge is -2.41. The van der Waals surface area contributed by atoms with Gasteiger partial charge in [-0.05, 0) is 51.8 Å². The lowest BCUT2D eigenvalue weighted by molar-refractivity contribution is -0.00570.